The van der Waals surface area contributed by atoms with Crippen molar-refractivity contribution < 1.29 is 9.53 Å². The van der Waals surface area contributed by atoms with Gasteiger partial charge in [0, 0.05) is 13.2 Å². The number of ether oxygens (including phenoxy) is 1. The largest absolute Gasteiger partial charge is 0.378 e. The summed E-state index contributed by atoms with van der Waals surface area (Å²) in [5.74, 6) is 0.0372. The van der Waals surface area contributed by atoms with Crippen LogP contribution >= 0.6 is 15.9 Å². The Balaban J connectivity index is 1.99. The molecule has 0 unspecified atom stereocenters. The van der Waals surface area contributed by atoms with Crippen molar-refractivity contribution in [3.8, 4) is 0 Å². The van der Waals surface area contributed by atoms with Crippen LogP contribution < -0.4 is 5.32 Å². The Morgan fingerprint density at radius 3 is 2.59 bits per heavy atom. The van der Waals surface area contributed by atoms with Gasteiger partial charge in [-0.05, 0) is 33.1 Å². The third-order valence-corrected chi connectivity index (χ3v) is 3.41. The van der Waals surface area contributed by atoms with Gasteiger partial charge < -0.3 is 10.1 Å². The van der Waals surface area contributed by atoms with E-state index in [2.05, 4.69) is 21.2 Å². The van der Waals surface area contributed by atoms with E-state index >= 15 is 0 Å². The molecule has 0 aromatic heterocycles. The second kappa shape index (κ2) is 7.37. The molecule has 3 nitrogen and oxygen atoms in total. The highest BCUT2D eigenvalue weighted by Gasteiger charge is 2.22. The highest BCUT2D eigenvalue weighted by Crippen LogP contribution is 2.20. The summed E-state index contributed by atoms with van der Waals surface area (Å²) in [5, 5.41) is 2.89. The zero-order chi connectivity index (χ0) is 12.7. The van der Waals surface area contributed by atoms with Crippen molar-refractivity contribution in [2.45, 2.75) is 62.8 Å². The van der Waals surface area contributed by atoms with E-state index in [9.17, 15) is 4.79 Å². The molecule has 4 heteroatoms. The zero-order valence-corrected chi connectivity index (χ0v) is 12.5. The fourth-order valence-corrected chi connectivity index (χ4v) is 2.11. The van der Waals surface area contributed by atoms with Crippen LogP contribution in [0.15, 0.2) is 0 Å². The summed E-state index contributed by atoms with van der Waals surface area (Å²) in [5.41, 5.74) is 0. The summed E-state index contributed by atoms with van der Waals surface area (Å²) in [6.07, 6.45) is 7.74. The predicted octanol–water partition coefficient (Wildman–Crippen LogP) is 3.02. The number of alkyl halides is 1. The van der Waals surface area contributed by atoms with E-state index in [0.29, 0.717) is 12.6 Å². The standard InChI is InChI=1S/C13H24BrNO2/c1-13(2,14)12(16)15-9-6-10-17-11-7-4-3-5-8-11/h11H,3-10H2,1-2H3,(H,15,16). The average molecular weight is 306 g/mol. The predicted molar refractivity (Wildman–Crippen MR) is 73.5 cm³/mol. The van der Waals surface area contributed by atoms with Crippen LogP contribution in [-0.2, 0) is 9.53 Å². The molecule has 0 bridgehead atoms. The molecule has 1 N–H and O–H groups in total. The molecule has 1 amide bonds. The van der Waals surface area contributed by atoms with Crippen LogP contribution in [0.25, 0.3) is 0 Å². The maximum atomic E-state index is 11.5. The lowest BCUT2D eigenvalue weighted by Gasteiger charge is -2.22. The molecule has 0 radical (unpaired) electrons. The highest BCUT2D eigenvalue weighted by molar-refractivity contribution is 9.10. The summed E-state index contributed by atoms with van der Waals surface area (Å²) in [6, 6.07) is 0. The molecule has 1 saturated carbocycles. The molecule has 0 aromatic carbocycles. The summed E-state index contributed by atoms with van der Waals surface area (Å²) >= 11 is 3.33. The number of hydrogen-bond donors (Lipinski definition) is 1. The Morgan fingerprint density at radius 1 is 1.35 bits per heavy atom. The van der Waals surface area contributed by atoms with Gasteiger partial charge in [0.25, 0.3) is 0 Å². The Labute approximate surface area is 113 Å². The number of rotatable bonds is 6. The van der Waals surface area contributed by atoms with Gasteiger partial charge in [-0.1, -0.05) is 35.2 Å². The monoisotopic (exact) mass is 305 g/mol. The van der Waals surface area contributed by atoms with Crippen molar-refractivity contribution in [3.63, 3.8) is 0 Å². The van der Waals surface area contributed by atoms with Gasteiger partial charge >= 0.3 is 0 Å². The molecule has 0 aromatic rings. The number of carbonyl (C=O) groups is 1. The van der Waals surface area contributed by atoms with Crippen molar-refractivity contribution in [2.24, 2.45) is 0 Å². The smallest absolute Gasteiger partial charge is 0.236 e. The quantitative estimate of drug-likeness (QED) is 0.605. The first-order valence-electron chi connectivity index (χ1n) is 6.59. The summed E-state index contributed by atoms with van der Waals surface area (Å²) in [4.78, 5) is 11.5. The first kappa shape index (κ1) is 15.0. The summed E-state index contributed by atoms with van der Waals surface area (Å²) in [7, 11) is 0. The van der Waals surface area contributed by atoms with Gasteiger partial charge in [0.05, 0.1) is 10.4 Å². The molecule has 17 heavy (non-hydrogen) atoms. The Kier molecular flexibility index (Phi) is 6.49. The van der Waals surface area contributed by atoms with Gasteiger partial charge in [-0.3, -0.25) is 4.79 Å². The molecule has 0 atom stereocenters. The SMILES string of the molecule is CC(C)(Br)C(=O)NCCCOC1CCCCC1. The van der Waals surface area contributed by atoms with E-state index in [-0.39, 0.29) is 5.91 Å². The summed E-state index contributed by atoms with van der Waals surface area (Å²) in [6.45, 7) is 5.15. The van der Waals surface area contributed by atoms with Crippen LogP contribution in [0.3, 0.4) is 0 Å². The summed E-state index contributed by atoms with van der Waals surface area (Å²) < 4.78 is 5.31. The lowest BCUT2D eigenvalue weighted by Crippen LogP contribution is -2.38. The Morgan fingerprint density at radius 2 is 2.00 bits per heavy atom. The van der Waals surface area contributed by atoms with E-state index in [4.69, 9.17) is 4.74 Å². The molecule has 100 valence electrons. The van der Waals surface area contributed by atoms with Gasteiger partial charge in [0.1, 0.15) is 0 Å². The first-order valence-corrected chi connectivity index (χ1v) is 7.38. The van der Waals surface area contributed by atoms with Crippen LogP contribution in [0.2, 0.25) is 0 Å². The second-order valence-electron chi connectivity index (χ2n) is 5.21. The van der Waals surface area contributed by atoms with Gasteiger partial charge in [-0.15, -0.1) is 0 Å². The highest BCUT2D eigenvalue weighted by atomic mass is 79.9. The van der Waals surface area contributed by atoms with Crippen LogP contribution in [-0.4, -0.2) is 29.5 Å². The molecule has 1 aliphatic rings. The first-order chi connectivity index (χ1) is 8.00. The number of nitrogens with one attached hydrogen (secondary N) is 1. The van der Waals surface area contributed by atoms with Crippen LogP contribution in [0.4, 0.5) is 0 Å². The third kappa shape index (κ3) is 6.41. The van der Waals surface area contributed by atoms with Crippen molar-refractivity contribution in [1.82, 2.24) is 5.32 Å². The van der Waals surface area contributed by atoms with Gasteiger partial charge in [-0.25, -0.2) is 0 Å². The minimum atomic E-state index is -0.475. The van der Waals surface area contributed by atoms with Gasteiger partial charge in [-0.2, -0.15) is 0 Å². The maximum Gasteiger partial charge on any atom is 0.236 e. The number of halogens is 1. The van der Waals surface area contributed by atoms with Crippen molar-refractivity contribution in [3.05, 3.63) is 0 Å². The maximum absolute atomic E-state index is 11.5. The van der Waals surface area contributed by atoms with E-state index in [0.717, 1.165) is 13.0 Å². The van der Waals surface area contributed by atoms with Crippen LogP contribution in [0.1, 0.15) is 52.4 Å². The van der Waals surface area contributed by atoms with E-state index in [1.165, 1.54) is 32.1 Å². The number of carbonyl (C=O) groups excluding carboxylic acids is 1. The number of hydrogen-bond acceptors (Lipinski definition) is 2. The molecule has 1 aliphatic carbocycles. The minimum Gasteiger partial charge on any atom is -0.378 e. The van der Waals surface area contributed by atoms with Crippen molar-refractivity contribution >= 4 is 21.8 Å². The normalized spacial score (nSPS) is 18.1. The van der Waals surface area contributed by atoms with Crippen molar-refractivity contribution in [2.75, 3.05) is 13.2 Å². The van der Waals surface area contributed by atoms with E-state index < -0.39 is 4.32 Å². The van der Waals surface area contributed by atoms with Gasteiger partial charge in [0.15, 0.2) is 0 Å². The molecule has 0 saturated heterocycles. The van der Waals surface area contributed by atoms with E-state index in [1.54, 1.807) is 0 Å². The molecule has 1 rings (SSSR count). The zero-order valence-electron chi connectivity index (χ0n) is 10.9. The third-order valence-electron chi connectivity index (χ3n) is 3.05. The second-order valence-corrected chi connectivity index (χ2v) is 7.20. The lowest BCUT2D eigenvalue weighted by molar-refractivity contribution is -0.122. The topological polar surface area (TPSA) is 38.3 Å². The van der Waals surface area contributed by atoms with E-state index in [1.807, 2.05) is 13.8 Å². The Hall–Kier alpha value is -0.0900. The fraction of sp³-hybridized carbons (Fsp3) is 0.923. The molecule has 0 heterocycles. The Bertz CT molecular complexity index is 232. The molecule has 0 spiro atoms. The molecule has 0 aliphatic heterocycles. The minimum absolute atomic E-state index is 0.0372. The molecular formula is C13H24BrNO2. The average Bonchev–Trinajstić information content (AvgIpc) is 2.28. The van der Waals surface area contributed by atoms with Crippen LogP contribution in [0, 0.1) is 0 Å². The lowest BCUT2D eigenvalue weighted by atomic mass is 9.98. The molecular weight excluding hydrogens is 282 g/mol. The fourth-order valence-electron chi connectivity index (χ4n) is 1.97. The van der Waals surface area contributed by atoms with Gasteiger partial charge in [0.2, 0.25) is 5.91 Å². The van der Waals surface area contributed by atoms with Crippen LogP contribution in [0.5, 0.6) is 0 Å². The van der Waals surface area contributed by atoms with Crippen molar-refractivity contribution in [1.29, 1.82) is 0 Å². The number of amides is 1. The molecule has 1 fully saturated rings.